The van der Waals surface area contributed by atoms with E-state index >= 15 is 0 Å². The largest absolute Gasteiger partial charge is 0.492 e. The number of ether oxygens (including phenoxy) is 1. The number of anilines is 1. The molecule has 0 aliphatic carbocycles. The number of oxazole rings is 1. The fourth-order valence-corrected chi connectivity index (χ4v) is 6.38. The minimum atomic E-state index is -0.651. The summed E-state index contributed by atoms with van der Waals surface area (Å²) in [6.45, 7) is 0.949. The van der Waals surface area contributed by atoms with Gasteiger partial charge < -0.3 is 44.2 Å². The molecule has 7 aromatic rings. The highest BCUT2D eigenvalue weighted by molar-refractivity contribution is 5.74. The van der Waals surface area contributed by atoms with Crippen molar-refractivity contribution in [3.63, 3.8) is 0 Å². The van der Waals surface area contributed by atoms with Crippen LogP contribution in [0.15, 0.2) is 144 Å². The summed E-state index contributed by atoms with van der Waals surface area (Å²) >= 11 is 0. The van der Waals surface area contributed by atoms with E-state index in [2.05, 4.69) is 9.47 Å². The van der Waals surface area contributed by atoms with E-state index in [4.69, 9.17) is 18.8 Å². The smallest absolute Gasteiger partial charge is 0.374 e. The number of allylic oxidation sites excluding steroid dienone is 2. The van der Waals surface area contributed by atoms with Gasteiger partial charge in [0, 0.05) is 35.9 Å². The van der Waals surface area contributed by atoms with Crippen LogP contribution in [0.3, 0.4) is 0 Å². The predicted molar refractivity (Wildman–Crippen MR) is 205 cm³/mol. The van der Waals surface area contributed by atoms with Crippen LogP contribution >= 0.6 is 0 Å². The summed E-state index contributed by atoms with van der Waals surface area (Å²) in [5.41, 5.74) is 5.81. The van der Waals surface area contributed by atoms with Gasteiger partial charge in [0.25, 0.3) is 5.52 Å². The lowest BCUT2D eigenvalue weighted by Crippen LogP contribution is -2.35. The van der Waals surface area contributed by atoms with Gasteiger partial charge in [-0.1, -0.05) is 72.8 Å². The Labute approximate surface area is 324 Å². The van der Waals surface area contributed by atoms with E-state index in [-0.39, 0.29) is 36.4 Å². The van der Waals surface area contributed by atoms with Crippen molar-refractivity contribution in [2.45, 2.75) is 25.9 Å². The van der Waals surface area contributed by atoms with Crippen molar-refractivity contribution in [1.82, 2.24) is 9.46 Å². The summed E-state index contributed by atoms with van der Waals surface area (Å²) in [7, 11) is 0. The molecule has 0 atom stereocenters. The van der Waals surface area contributed by atoms with Gasteiger partial charge in [-0.2, -0.15) is 4.57 Å². The summed E-state index contributed by atoms with van der Waals surface area (Å²) in [4.78, 5) is 37.1. The average molecular weight is 768 g/mol. The van der Waals surface area contributed by atoms with E-state index in [1.54, 1.807) is 0 Å². The van der Waals surface area contributed by atoms with Crippen LogP contribution < -0.4 is 23.9 Å². The van der Waals surface area contributed by atoms with Crippen molar-refractivity contribution in [1.29, 1.82) is 0 Å². The third-order valence-electron chi connectivity index (χ3n) is 9.16. The Balaban J connectivity index is 0.966. The molecule has 286 valence electrons. The Morgan fingerprint density at radius 2 is 1.16 bits per heavy atom. The van der Waals surface area contributed by atoms with Crippen LogP contribution in [-0.2, 0) is 35.5 Å². The van der Waals surface area contributed by atoms with Gasteiger partial charge in [-0.15, -0.1) is 9.46 Å². The molecule has 0 saturated carbocycles. The first-order valence-electron chi connectivity index (χ1n) is 17.8. The van der Waals surface area contributed by atoms with Gasteiger partial charge in [0.1, 0.15) is 0 Å². The molecule has 57 heavy (non-hydrogen) atoms. The zero-order valence-electron chi connectivity index (χ0n) is 30.1. The maximum atomic E-state index is 12.5. The lowest BCUT2D eigenvalue weighted by molar-refractivity contribution is -0.669. The highest BCUT2D eigenvalue weighted by Gasteiger charge is 2.26. The van der Waals surface area contributed by atoms with Crippen LogP contribution in [0.25, 0.3) is 17.2 Å². The van der Waals surface area contributed by atoms with Gasteiger partial charge in [-0.25, -0.2) is 9.59 Å². The molecule has 0 radical (unpaired) electrons. The monoisotopic (exact) mass is 767 g/mol. The second kappa shape index (κ2) is 15.5. The number of nitrogens with zero attached hydrogens (tertiary/aromatic N) is 4. The summed E-state index contributed by atoms with van der Waals surface area (Å²) < 4.78 is 15.9. The van der Waals surface area contributed by atoms with Crippen LogP contribution in [-0.4, -0.2) is 41.8 Å². The number of hydrogen-bond acceptors (Lipinski definition) is 11. The first kappa shape index (κ1) is 36.1. The molecule has 1 aliphatic heterocycles. The third kappa shape index (κ3) is 7.86. The van der Waals surface area contributed by atoms with E-state index in [9.17, 15) is 30.0 Å². The molecular formula is C43H35N4O10+. The Hall–Kier alpha value is -7.87. The molecule has 0 saturated heterocycles. The van der Waals surface area contributed by atoms with Gasteiger partial charge in [0.2, 0.25) is 35.0 Å². The van der Waals surface area contributed by atoms with Crippen molar-refractivity contribution in [2.24, 2.45) is 0 Å². The van der Waals surface area contributed by atoms with E-state index in [1.165, 1.54) is 24.3 Å². The molecule has 0 unspecified atom stereocenters. The first-order chi connectivity index (χ1) is 27.7. The minimum Gasteiger partial charge on any atom is -0.492 e. The average Bonchev–Trinajstić information content (AvgIpc) is 3.93. The molecule has 14 nitrogen and oxygen atoms in total. The zero-order valence-corrected chi connectivity index (χ0v) is 30.1. The SMILES string of the molecule is O=C(Cc1ccc(CN2/C(=C/C=C/c3oc4ccccc4[n+]3Cc3ccc(CC(=O)On4c(O)ccc4O)cc3)Oc3ccccc32)cc1)On1c(O)ccc1O. The molecule has 0 fully saturated rings. The van der Waals surface area contributed by atoms with Crippen molar-refractivity contribution >= 4 is 34.8 Å². The van der Waals surface area contributed by atoms with E-state index in [0.29, 0.717) is 56.8 Å². The molecule has 0 bridgehead atoms. The van der Waals surface area contributed by atoms with E-state index in [0.717, 1.165) is 22.3 Å². The molecular weight excluding hydrogens is 732 g/mol. The number of fused-ring (bicyclic) bond motifs is 2. The lowest BCUT2D eigenvalue weighted by atomic mass is 10.1. The predicted octanol–water partition coefficient (Wildman–Crippen LogP) is 5.54. The normalized spacial score (nSPS) is 13.0. The topological polar surface area (TPSA) is 173 Å². The van der Waals surface area contributed by atoms with Gasteiger partial charge in [0.05, 0.1) is 31.1 Å². The molecule has 8 rings (SSSR count). The Morgan fingerprint density at radius 1 is 0.632 bits per heavy atom. The van der Waals surface area contributed by atoms with Crippen LogP contribution in [0.2, 0.25) is 0 Å². The zero-order chi connectivity index (χ0) is 39.5. The number of hydrogen-bond donors (Lipinski definition) is 4. The number of aromatic nitrogens is 3. The first-order valence-corrected chi connectivity index (χ1v) is 17.8. The van der Waals surface area contributed by atoms with Gasteiger partial charge >= 0.3 is 17.8 Å². The Kier molecular flexibility index (Phi) is 9.80. The fourth-order valence-electron chi connectivity index (χ4n) is 6.38. The fraction of sp³-hybridized carbons (Fsp3) is 0.0930. The molecule has 4 heterocycles. The second-order valence-electron chi connectivity index (χ2n) is 13.1. The number of carbonyl (C=O) groups is 2. The number of aromatic hydroxyl groups is 4. The van der Waals surface area contributed by atoms with Crippen molar-refractivity contribution < 1.29 is 53.4 Å². The number of carbonyl (C=O) groups excluding carboxylic acids is 2. The van der Waals surface area contributed by atoms with Gasteiger partial charge in [0.15, 0.2) is 12.3 Å². The van der Waals surface area contributed by atoms with Crippen LogP contribution in [0, 0.1) is 0 Å². The standard InChI is InChI=1S/C43H34N4O10/c48-36-20-21-37(49)46(36)56-42(52)24-28-12-16-30(17-13-28)26-44-32-6-1-3-8-34(32)54-40(44)10-5-11-41-45(33-7-2-4-9-35(33)55-41)27-31-18-14-29(15-19-31)25-43(53)57-47-38(50)22-23-39(47)51/h1-23H,24-27H2,(H3-,48,49,50,51)/p+1. The van der Waals surface area contributed by atoms with Crippen molar-refractivity contribution in [2.75, 3.05) is 4.90 Å². The van der Waals surface area contributed by atoms with Crippen LogP contribution in [0.5, 0.6) is 29.3 Å². The summed E-state index contributed by atoms with van der Waals surface area (Å²) in [5, 5.41) is 39.0. The Morgan fingerprint density at radius 3 is 1.77 bits per heavy atom. The quantitative estimate of drug-likeness (QED) is 0.115. The molecule has 0 spiro atoms. The molecule has 4 aromatic carbocycles. The third-order valence-corrected chi connectivity index (χ3v) is 9.16. The highest BCUT2D eigenvalue weighted by Crippen LogP contribution is 2.39. The summed E-state index contributed by atoms with van der Waals surface area (Å²) in [6, 6.07) is 35.3. The van der Waals surface area contributed by atoms with E-state index in [1.807, 2.05) is 115 Å². The minimum absolute atomic E-state index is 0.0681. The number of rotatable bonds is 12. The maximum Gasteiger partial charge on any atom is 0.374 e. The van der Waals surface area contributed by atoms with Crippen molar-refractivity contribution in [3.05, 3.63) is 168 Å². The molecule has 0 amide bonds. The van der Waals surface area contributed by atoms with Crippen LogP contribution in [0.4, 0.5) is 5.69 Å². The van der Waals surface area contributed by atoms with Crippen LogP contribution in [0.1, 0.15) is 28.1 Å². The van der Waals surface area contributed by atoms with Gasteiger partial charge in [-0.05, 0) is 47.0 Å². The highest BCUT2D eigenvalue weighted by atomic mass is 16.7. The Bertz CT molecular complexity index is 2610. The number of benzene rings is 4. The molecule has 14 heteroatoms. The summed E-state index contributed by atoms with van der Waals surface area (Å²) in [6.07, 6.45) is 5.47. The van der Waals surface area contributed by atoms with Crippen molar-refractivity contribution in [3.8, 4) is 29.3 Å². The van der Waals surface area contributed by atoms with E-state index < -0.39 is 11.9 Å². The lowest BCUT2D eigenvalue weighted by Gasteiger charge is -2.18. The number of para-hydroxylation sites is 4. The summed E-state index contributed by atoms with van der Waals surface area (Å²) in [5.74, 6) is -0.933. The molecule has 1 aliphatic rings. The second-order valence-corrected chi connectivity index (χ2v) is 13.1. The molecule has 4 N–H and O–H groups in total. The molecule has 3 aromatic heterocycles. The maximum absolute atomic E-state index is 12.5. The van der Waals surface area contributed by atoms with Gasteiger partial charge in [-0.3, -0.25) is 0 Å².